The van der Waals surface area contributed by atoms with Gasteiger partial charge in [0, 0.05) is 5.56 Å². The number of aromatic nitrogens is 1. The normalized spacial score (nSPS) is 9.73. The van der Waals surface area contributed by atoms with Crippen LogP contribution in [0.25, 0.3) is 0 Å². The van der Waals surface area contributed by atoms with Crippen LogP contribution in [0.5, 0.6) is 5.88 Å². The van der Waals surface area contributed by atoms with E-state index in [0.29, 0.717) is 0 Å². The smallest absolute Gasteiger partial charge is 0.341 e. The van der Waals surface area contributed by atoms with E-state index in [0.717, 1.165) is 6.20 Å². The van der Waals surface area contributed by atoms with Crippen molar-refractivity contribution in [2.24, 2.45) is 0 Å². The van der Waals surface area contributed by atoms with Crippen LogP contribution in [0.15, 0.2) is 6.20 Å². The quantitative estimate of drug-likeness (QED) is 0.592. The molecular weight excluding hydrogens is 204 g/mol. The summed E-state index contributed by atoms with van der Waals surface area (Å²) in [6.45, 7) is 1.34. The Labute approximate surface area is 84.5 Å². The van der Waals surface area contributed by atoms with Gasteiger partial charge in [0.25, 0.3) is 5.69 Å². The number of hydrogen-bond donors (Lipinski definition) is 1. The largest absolute Gasteiger partial charge is 0.480 e. The molecule has 0 aliphatic rings. The van der Waals surface area contributed by atoms with Crippen LogP contribution in [0.1, 0.15) is 15.9 Å². The second kappa shape index (κ2) is 3.91. The van der Waals surface area contributed by atoms with Crippen molar-refractivity contribution in [2.75, 3.05) is 7.11 Å². The molecule has 0 radical (unpaired) electrons. The highest BCUT2D eigenvalue weighted by Crippen LogP contribution is 2.26. The molecule has 15 heavy (non-hydrogen) atoms. The third-order valence-electron chi connectivity index (χ3n) is 1.88. The molecule has 1 aromatic heterocycles. The highest BCUT2D eigenvalue weighted by atomic mass is 16.6. The average molecular weight is 212 g/mol. The fourth-order valence-electron chi connectivity index (χ4n) is 1.16. The Kier molecular flexibility index (Phi) is 2.84. The van der Waals surface area contributed by atoms with Crippen molar-refractivity contribution < 1.29 is 19.6 Å². The third-order valence-corrected chi connectivity index (χ3v) is 1.88. The number of carboxylic acids is 1. The summed E-state index contributed by atoms with van der Waals surface area (Å²) in [5, 5.41) is 19.4. The number of carbonyl (C=O) groups is 1. The summed E-state index contributed by atoms with van der Waals surface area (Å²) in [6, 6.07) is 0. The number of methoxy groups -OCH3 is 1. The molecule has 0 aliphatic carbocycles. The van der Waals surface area contributed by atoms with Gasteiger partial charge in [-0.2, -0.15) is 0 Å². The van der Waals surface area contributed by atoms with Crippen molar-refractivity contribution in [1.82, 2.24) is 4.98 Å². The van der Waals surface area contributed by atoms with Crippen LogP contribution in [0.3, 0.4) is 0 Å². The SMILES string of the molecule is COc1ncc([N+](=O)[O-])c(C)c1C(=O)O. The molecule has 0 spiro atoms. The van der Waals surface area contributed by atoms with Gasteiger partial charge in [-0.1, -0.05) is 0 Å². The molecule has 0 saturated carbocycles. The zero-order valence-corrected chi connectivity index (χ0v) is 8.05. The van der Waals surface area contributed by atoms with Gasteiger partial charge < -0.3 is 9.84 Å². The zero-order valence-electron chi connectivity index (χ0n) is 8.05. The fourth-order valence-corrected chi connectivity index (χ4v) is 1.16. The Morgan fingerprint density at radius 1 is 1.67 bits per heavy atom. The van der Waals surface area contributed by atoms with Crippen molar-refractivity contribution in [1.29, 1.82) is 0 Å². The summed E-state index contributed by atoms with van der Waals surface area (Å²) in [4.78, 5) is 24.2. The molecule has 0 fully saturated rings. The van der Waals surface area contributed by atoms with Gasteiger partial charge in [-0.05, 0) is 6.92 Å². The van der Waals surface area contributed by atoms with Gasteiger partial charge >= 0.3 is 5.97 Å². The van der Waals surface area contributed by atoms with Crippen molar-refractivity contribution in [3.63, 3.8) is 0 Å². The number of nitro groups is 1. The van der Waals surface area contributed by atoms with E-state index in [1.54, 1.807) is 0 Å². The minimum Gasteiger partial charge on any atom is -0.480 e. The minimum absolute atomic E-state index is 0.0272. The van der Waals surface area contributed by atoms with Gasteiger partial charge in [0.1, 0.15) is 11.8 Å². The molecule has 0 atom stereocenters. The number of ether oxygens (including phenoxy) is 1. The highest BCUT2D eigenvalue weighted by Gasteiger charge is 2.23. The first-order valence-corrected chi connectivity index (χ1v) is 3.90. The van der Waals surface area contributed by atoms with E-state index < -0.39 is 10.9 Å². The molecule has 7 nitrogen and oxygen atoms in total. The van der Waals surface area contributed by atoms with Crippen LogP contribution in [-0.4, -0.2) is 28.1 Å². The molecule has 1 heterocycles. The summed E-state index contributed by atoms with van der Waals surface area (Å²) in [6.07, 6.45) is 0.973. The van der Waals surface area contributed by atoms with Crippen molar-refractivity contribution >= 4 is 11.7 Å². The second-order valence-corrected chi connectivity index (χ2v) is 2.71. The maximum absolute atomic E-state index is 10.8. The predicted molar refractivity (Wildman–Crippen MR) is 49.1 cm³/mol. The summed E-state index contributed by atoms with van der Waals surface area (Å²) in [7, 11) is 1.25. The molecule has 0 bridgehead atoms. The van der Waals surface area contributed by atoms with Crippen LogP contribution >= 0.6 is 0 Å². The van der Waals surface area contributed by atoms with E-state index in [2.05, 4.69) is 4.98 Å². The molecule has 0 aromatic carbocycles. The summed E-state index contributed by atoms with van der Waals surface area (Å²) in [5.41, 5.74) is -0.598. The van der Waals surface area contributed by atoms with Crippen LogP contribution in [-0.2, 0) is 0 Å². The molecule has 1 N–H and O–H groups in total. The van der Waals surface area contributed by atoms with Crippen molar-refractivity contribution in [2.45, 2.75) is 6.92 Å². The van der Waals surface area contributed by atoms with Gasteiger partial charge in [-0.25, -0.2) is 9.78 Å². The fraction of sp³-hybridized carbons (Fsp3) is 0.250. The molecule has 1 rings (SSSR count). The van der Waals surface area contributed by atoms with E-state index >= 15 is 0 Å². The Morgan fingerprint density at radius 3 is 2.67 bits per heavy atom. The van der Waals surface area contributed by atoms with E-state index in [4.69, 9.17) is 9.84 Å². The van der Waals surface area contributed by atoms with Crippen molar-refractivity contribution in [3.05, 3.63) is 27.4 Å². The second-order valence-electron chi connectivity index (χ2n) is 2.71. The van der Waals surface area contributed by atoms with Gasteiger partial charge in [-0.15, -0.1) is 0 Å². The van der Waals surface area contributed by atoms with Gasteiger partial charge in [0.2, 0.25) is 5.88 Å². The Bertz CT molecular complexity index is 429. The predicted octanol–water partition coefficient (Wildman–Crippen LogP) is 1.01. The summed E-state index contributed by atoms with van der Waals surface area (Å²) in [5.74, 6) is -1.44. The molecule has 0 aliphatic heterocycles. The lowest BCUT2D eigenvalue weighted by Gasteiger charge is -2.06. The first-order chi connectivity index (χ1) is 6.99. The van der Waals surface area contributed by atoms with Crippen LogP contribution in [0, 0.1) is 17.0 Å². The lowest BCUT2D eigenvalue weighted by molar-refractivity contribution is -0.385. The molecule has 80 valence electrons. The Morgan fingerprint density at radius 2 is 2.27 bits per heavy atom. The van der Waals surface area contributed by atoms with E-state index in [1.807, 2.05) is 0 Å². The number of aromatic carboxylic acids is 1. The molecule has 0 amide bonds. The number of nitrogens with zero attached hydrogens (tertiary/aromatic N) is 2. The van der Waals surface area contributed by atoms with E-state index in [1.165, 1.54) is 14.0 Å². The Hall–Kier alpha value is -2.18. The molecule has 0 saturated heterocycles. The van der Waals surface area contributed by atoms with Gasteiger partial charge in [0.15, 0.2) is 0 Å². The minimum atomic E-state index is -1.31. The summed E-state index contributed by atoms with van der Waals surface area (Å²) < 4.78 is 4.71. The molecule has 7 heteroatoms. The first kappa shape index (κ1) is 10.9. The lowest BCUT2D eigenvalue weighted by atomic mass is 10.1. The molecular formula is C8H8N2O5. The van der Waals surface area contributed by atoms with Crippen LogP contribution in [0.2, 0.25) is 0 Å². The van der Waals surface area contributed by atoms with Crippen molar-refractivity contribution in [3.8, 4) is 5.88 Å². The van der Waals surface area contributed by atoms with Gasteiger partial charge in [-0.3, -0.25) is 10.1 Å². The number of pyridine rings is 1. The number of carboxylic acid groups (broad SMARTS) is 1. The molecule has 0 unspecified atom stereocenters. The van der Waals surface area contributed by atoms with Crippen LogP contribution in [0.4, 0.5) is 5.69 Å². The third kappa shape index (κ3) is 1.85. The standard InChI is InChI=1S/C8H8N2O5/c1-4-5(10(13)14)3-9-7(15-2)6(4)8(11)12/h3H,1-2H3,(H,11,12). The maximum atomic E-state index is 10.8. The maximum Gasteiger partial charge on any atom is 0.341 e. The average Bonchev–Trinajstić information content (AvgIpc) is 2.15. The first-order valence-electron chi connectivity index (χ1n) is 3.90. The van der Waals surface area contributed by atoms with Crippen LogP contribution < -0.4 is 4.74 Å². The van der Waals surface area contributed by atoms with Gasteiger partial charge in [0.05, 0.1) is 12.0 Å². The number of rotatable bonds is 3. The van der Waals surface area contributed by atoms with E-state index in [9.17, 15) is 14.9 Å². The monoisotopic (exact) mass is 212 g/mol. The Balaban J connectivity index is 3.49. The molecule has 1 aromatic rings. The lowest BCUT2D eigenvalue weighted by Crippen LogP contribution is -2.07. The van der Waals surface area contributed by atoms with E-state index in [-0.39, 0.29) is 22.7 Å². The zero-order chi connectivity index (χ0) is 11.6. The summed E-state index contributed by atoms with van der Waals surface area (Å²) >= 11 is 0. The highest BCUT2D eigenvalue weighted by molar-refractivity contribution is 5.93. The number of hydrogen-bond acceptors (Lipinski definition) is 5. The topological polar surface area (TPSA) is 103 Å².